The van der Waals surface area contributed by atoms with Gasteiger partial charge in [0.15, 0.2) is 5.75 Å². The van der Waals surface area contributed by atoms with Crippen molar-refractivity contribution in [1.29, 1.82) is 16.2 Å². The fourth-order valence-corrected chi connectivity index (χ4v) is 10.4. The van der Waals surface area contributed by atoms with Crippen LogP contribution in [0, 0.1) is 16.2 Å². The second-order valence-electron chi connectivity index (χ2n) is 19.4. The first-order valence-electron chi connectivity index (χ1n) is 25.2. The van der Waals surface area contributed by atoms with E-state index in [1.165, 1.54) is 23.1 Å². The van der Waals surface area contributed by atoms with Crippen LogP contribution in [0.25, 0.3) is 49.8 Å². The molecule has 0 radical (unpaired) electrons. The van der Waals surface area contributed by atoms with E-state index in [1.807, 2.05) is 91.3 Å². The summed E-state index contributed by atoms with van der Waals surface area (Å²) < 4.78 is 64.2. The molecule has 0 fully saturated rings. The number of imidazole rings is 3. The van der Waals surface area contributed by atoms with Crippen LogP contribution in [0.5, 0.6) is 23.0 Å². The first-order chi connectivity index (χ1) is 38.5. The quantitative estimate of drug-likeness (QED) is 0.0476. The molecular weight excluding hydrogens is 1030 g/mol. The van der Waals surface area contributed by atoms with E-state index < -0.39 is 18.2 Å². The molecule has 80 heavy (non-hydrogen) atoms. The Kier molecular flexibility index (Phi) is 12.4. The molecule has 0 saturated carbocycles. The van der Waals surface area contributed by atoms with E-state index in [-0.39, 0.29) is 83.7 Å². The Labute approximate surface area is 453 Å². The zero-order valence-corrected chi connectivity index (χ0v) is 43.0. The highest BCUT2D eigenvalue weighted by Crippen LogP contribution is 2.41. The number of ether oxygens (including phenoxy) is 4. The van der Waals surface area contributed by atoms with Crippen molar-refractivity contribution in [2.75, 3.05) is 41.4 Å². The minimum Gasteiger partial charge on any atom is -0.509 e. The van der Waals surface area contributed by atoms with Gasteiger partial charge in [-0.15, -0.1) is 13.2 Å². The summed E-state index contributed by atoms with van der Waals surface area (Å²) in [6.07, 6.45) is -4.92. The molecule has 19 nitrogen and oxygen atoms in total. The number of benzene rings is 6. The number of alkyl halides is 3. The third-order valence-electron chi connectivity index (χ3n) is 14.1. The van der Waals surface area contributed by atoms with E-state index in [1.54, 1.807) is 47.2 Å². The van der Waals surface area contributed by atoms with Gasteiger partial charge in [0, 0.05) is 31.7 Å². The Morgan fingerprint density at radius 3 is 1.79 bits per heavy atom. The predicted octanol–water partition coefficient (Wildman–Crippen LogP) is 11.1. The van der Waals surface area contributed by atoms with Crippen LogP contribution in [0.1, 0.15) is 35.5 Å². The number of methoxy groups -OCH3 is 1. The molecule has 3 aliphatic rings. The molecule has 6 aromatic carbocycles. The molecule has 0 amide bonds. The van der Waals surface area contributed by atoms with Crippen LogP contribution in [0.15, 0.2) is 145 Å². The molecule has 0 aliphatic carbocycles. The van der Waals surface area contributed by atoms with Gasteiger partial charge in [-0.25, -0.2) is 15.0 Å². The predicted molar refractivity (Wildman–Crippen MR) is 297 cm³/mol. The van der Waals surface area contributed by atoms with Crippen molar-refractivity contribution in [3.8, 4) is 23.0 Å². The van der Waals surface area contributed by atoms with E-state index in [4.69, 9.17) is 35.0 Å². The lowest BCUT2D eigenvalue weighted by Crippen LogP contribution is -2.28. The van der Waals surface area contributed by atoms with Gasteiger partial charge in [-0.05, 0) is 78.7 Å². The van der Waals surface area contributed by atoms with Crippen molar-refractivity contribution in [1.82, 2.24) is 29.5 Å². The average Bonchev–Trinajstić information content (AvgIpc) is 4.34. The van der Waals surface area contributed by atoms with Gasteiger partial charge in [0.05, 0.1) is 93.6 Å². The lowest BCUT2D eigenvalue weighted by Gasteiger charge is -2.24. The van der Waals surface area contributed by atoms with Gasteiger partial charge in [0.25, 0.3) is 0 Å². The summed E-state index contributed by atoms with van der Waals surface area (Å²) in [4.78, 5) is 25.1. The number of aryl methyl sites for hydroxylation is 1. The number of aliphatic hydroxyl groups excluding tert-OH is 3. The van der Waals surface area contributed by atoms with Gasteiger partial charge in [-0.2, -0.15) is 0 Å². The third-order valence-corrected chi connectivity index (χ3v) is 14.1. The summed E-state index contributed by atoms with van der Waals surface area (Å²) in [6, 6.07) is 36.7. The molecule has 404 valence electrons. The van der Waals surface area contributed by atoms with Crippen LogP contribution in [0.3, 0.4) is 0 Å². The Hall–Kier alpha value is -10.3. The number of para-hydroxylation sites is 6. The van der Waals surface area contributed by atoms with Crippen LogP contribution in [0.2, 0.25) is 0 Å². The first kappa shape index (κ1) is 50.6. The molecule has 3 aliphatic heterocycles. The van der Waals surface area contributed by atoms with Gasteiger partial charge >= 0.3 is 6.36 Å². The maximum absolute atomic E-state index is 13.2. The maximum Gasteiger partial charge on any atom is 0.573 e. The van der Waals surface area contributed by atoms with Gasteiger partial charge in [-0.1, -0.05) is 48.5 Å². The van der Waals surface area contributed by atoms with E-state index in [0.717, 1.165) is 28.2 Å². The Bertz CT molecular complexity index is 4140. The minimum atomic E-state index is -4.96. The first-order valence-corrected chi connectivity index (χ1v) is 25.2. The second kappa shape index (κ2) is 19.6. The Morgan fingerprint density at radius 2 is 1.15 bits per heavy atom. The standard InChI is InChI=1S/C58H49F3N12O7/c1-30(20-31-16-18-36-39(21-31)67-55(65-36)50-45(75)28-73(53(50)63)43-13-7-9-15-48(43)80-58(59,60)61)79-47-14-8-6-12-42(47)72-27-44(74)49(52(72)62)56-66-37-19-17-32(22-40(37)68-56)29-78-35-24-33(23-34(25-35)77-3)71-26-46(76)51(54(71)64)57-69-38-10-4-5-11-41(38)70(57)2/h4-19,21-25,30,62-64,74-76H,20,26-29H2,1-3H3,(H,65,67)(H,66,68). The molecule has 9 aromatic rings. The van der Waals surface area contributed by atoms with Crippen molar-refractivity contribution in [3.05, 3.63) is 173 Å². The van der Waals surface area contributed by atoms with E-state index in [0.29, 0.717) is 74.3 Å². The van der Waals surface area contributed by atoms with Crippen LogP contribution in [0.4, 0.5) is 30.2 Å². The average molecular weight is 1080 g/mol. The number of hydrogen-bond donors (Lipinski definition) is 8. The van der Waals surface area contributed by atoms with E-state index in [2.05, 4.69) is 19.7 Å². The molecule has 22 heteroatoms. The number of aromatic amines is 2. The molecule has 3 aromatic heterocycles. The summed E-state index contributed by atoms with van der Waals surface area (Å²) in [6.45, 7) is 1.84. The largest absolute Gasteiger partial charge is 0.573 e. The number of rotatable bonds is 15. The SMILES string of the molecule is COc1cc(OCc2ccc3nc(C4=C(O)CN(c5ccccc5OC(C)Cc5ccc6nc(C7=C(O)CN(c8ccccc8OC(F)(F)F)C7=N)[nH]c6c5)C4=N)[nH]c3c2)cc(N2CC(O)=C(c3nc4ccccc4n3C)C2=N)c1. The summed E-state index contributed by atoms with van der Waals surface area (Å²) in [5.41, 5.74) is 7.42. The molecule has 1 atom stereocenters. The van der Waals surface area contributed by atoms with Crippen molar-refractivity contribution in [3.63, 3.8) is 0 Å². The Balaban J connectivity index is 0.700. The summed E-state index contributed by atoms with van der Waals surface area (Å²) in [5, 5.41) is 60.9. The highest BCUT2D eigenvalue weighted by atomic mass is 19.4. The number of nitrogens with one attached hydrogen (secondary N) is 5. The topological polar surface area (TPSA) is 254 Å². The molecule has 0 spiro atoms. The number of H-pyrrole nitrogens is 2. The van der Waals surface area contributed by atoms with E-state index >= 15 is 0 Å². The fraction of sp³-hybridized carbons (Fsp3) is 0.172. The molecule has 1 unspecified atom stereocenters. The number of hydrogen-bond acceptors (Lipinski definition) is 13. The summed E-state index contributed by atoms with van der Waals surface area (Å²) in [5.74, 6) is 1.46. The number of halogens is 3. The smallest absolute Gasteiger partial charge is 0.509 e. The van der Waals surface area contributed by atoms with Crippen molar-refractivity contribution < 1.29 is 47.4 Å². The zero-order chi connectivity index (χ0) is 55.7. The number of nitrogens with zero attached hydrogens (tertiary/aromatic N) is 7. The normalized spacial score (nSPS) is 15.5. The number of aromatic nitrogens is 6. The lowest BCUT2D eigenvalue weighted by molar-refractivity contribution is -0.274. The van der Waals surface area contributed by atoms with Crippen LogP contribution >= 0.6 is 0 Å². The monoisotopic (exact) mass is 1080 g/mol. The second-order valence-corrected chi connectivity index (χ2v) is 19.4. The Morgan fingerprint density at radius 1 is 0.613 bits per heavy atom. The van der Waals surface area contributed by atoms with Crippen LogP contribution in [-0.2, 0) is 20.1 Å². The maximum atomic E-state index is 13.2. The zero-order valence-electron chi connectivity index (χ0n) is 43.0. The van der Waals surface area contributed by atoms with Crippen LogP contribution in [-0.4, -0.2) is 102 Å². The fourth-order valence-electron chi connectivity index (χ4n) is 10.4. The van der Waals surface area contributed by atoms with Crippen LogP contribution < -0.4 is 33.6 Å². The molecule has 6 heterocycles. The number of amidine groups is 3. The minimum absolute atomic E-state index is 0.0105. The van der Waals surface area contributed by atoms with Crippen molar-refractivity contribution in [2.45, 2.75) is 32.4 Å². The highest BCUT2D eigenvalue weighted by Gasteiger charge is 2.38. The van der Waals surface area contributed by atoms with Gasteiger partial charge in [-0.3, -0.25) is 16.2 Å². The number of fused-ring (bicyclic) bond motifs is 3. The number of aliphatic hydroxyl groups is 3. The third kappa shape index (κ3) is 9.24. The molecular formula is C58H49F3N12O7. The number of anilines is 3. The molecule has 0 saturated heterocycles. The van der Waals surface area contributed by atoms with Gasteiger partial charge in [0.1, 0.15) is 82.2 Å². The summed E-state index contributed by atoms with van der Waals surface area (Å²) in [7, 11) is 3.40. The van der Waals surface area contributed by atoms with Gasteiger partial charge in [0.2, 0.25) is 0 Å². The van der Waals surface area contributed by atoms with Gasteiger partial charge < -0.3 is 63.5 Å². The molecule has 8 N–H and O–H groups in total. The van der Waals surface area contributed by atoms with Crippen molar-refractivity contribution >= 4 is 84.4 Å². The lowest BCUT2D eigenvalue weighted by atomic mass is 10.1. The highest BCUT2D eigenvalue weighted by molar-refractivity contribution is 6.32. The molecule has 0 bridgehead atoms. The van der Waals surface area contributed by atoms with E-state index in [9.17, 15) is 33.9 Å². The molecule has 12 rings (SSSR count). The summed E-state index contributed by atoms with van der Waals surface area (Å²) >= 11 is 0. The van der Waals surface area contributed by atoms with Crippen molar-refractivity contribution in [2.24, 2.45) is 7.05 Å².